The third-order valence-corrected chi connectivity index (χ3v) is 6.69. The van der Waals surface area contributed by atoms with Crippen molar-refractivity contribution in [3.8, 4) is 0 Å². The number of aromatic nitrogens is 1. The van der Waals surface area contributed by atoms with E-state index in [2.05, 4.69) is 67.8 Å². The van der Waals surface area contributed by atoms with E-state index in [1.165, 1.54) is 47.6 Å². The highest BCUT2D eigenvalue weighted by atomic mass is 32.1. The quantitative estimate of drug-likeness (QED) is 0.377. The molecule has 1 nitrogen and oxygen atoms in total. The summed E-state index contributed by atoms with van der Waals surface area (Å²) in [4.78, 5) is 4.76. The molecule has 3 aromatic rings. The monoisotopic (exact) mass is 313 g/mol. The predicted molar refractivity (Wildman–Crippen MR) is 125 cm³/mol. The molecule has 0 fully saturated rings. The minimum atomic E-state index is 0.168. The van der Waals surface area contributed by atoms with Gasteiger partial charge in [-0.3, -0.25) is 4.98 Å². The molecule has 0 unspecified atom stereocenters. The highest BCUT2D eigenvalue weighted by molar-refractivity contribution is 7.28. The van der Waals surface area contributed by atoms with Crippen molar-refractivity contribution in [2.24, 2.45) is 0 Å². The maximum atomic E-state index is 4.76. The lowest BCUT2D eigenvalue weighted by Gasteiger charge is -2.27. The van der Waals surface area contributed by atoms with Gasteiger partial charge in [0.1, 0.15) is 31.4 Å². The first-order valence-corrected chi connectivity index (χ1v) is 9.17. The van der Waals surface area contributed by atoms with E-state index in [0.717, 1.165) is 11.2 Å². The second-order valence-electron chi connectivity index (χ2n) is 7.92. The van der Waals surface area contributed by atoms with Gasteiger partial charge in [0.2, 0.25) is 0 Å². The molecule has 0 amide bonds. The van der Waals surface area contributed by atoms with E-state index < -0.39 is 0 Å². The molecular weight excluding hydrogens is 291 g/mol. The lowest BCUT2D eigenvalue weighted by atomic mass is 9.64. The molecular formula is C15H21B6NS. The first-order valence-electron chi connectivity index (χ1n) is 8.36. The first-order chi connectivity index (χ1) is 10.6. The number of hydrogen-bond acceptors (Lipinski definition) is 2. The van der Waals surface area contributed by atoms with Crippen molar-refractivity contribution in [3.05, 3.63) is 5.56 Å². The van der Waals surface area contributed by atoms with Crippen molar-refractivity contribution in [2.75, 3.05) is 0 Å². The zero-order valence-electron chi connectivity index (χ0n) is 15.9. The van der Waals surface area contributed by atoms with Crippen LogP contribution in [-0.4, -0.2) is 52.1 Å². The molecule has 0 bridgehead atoms. The van der Waals surface area contributed by atoms with E-state index in [1.807, 2.05) is 11.3 Å². The largest absolute Gasteiger partial charge is 0.279 e. The molecule has 0 radical (unpaired) electrons. The molecule has 0 atom stereocenters. The van der Waals surface area contributed by atoms with Crippen LogP contribution >= 0.6 is 11.3 Å². The third kappa shape index (κ3) is 2.33. The summed E-state index contributed by atoms with van der Waals surface area (Å²) >= 11 is 1.93. The van der Waals surface area contributed by atoms with E-state index >= 15 is 0 Å². The zero-order valence-corrected chi connectivity index (χ0v) is 16.7. The van der Waals surface area contributed by atoms with E-state index in [0.29, 0.717) is 0 Å². The van der Waals surface area contributed by atoms with Crippen LogP contribution in [0.3, 0.4) is 0 Å². The van der Waals surface area contributed by atoms with Gasteiger partial charge in [-0.25, -0.2) is 0 Å². The fourth-order valence-corrected chi connectivity index (χ4v) is 5.49. The fraction of sp³-hybridized carbons (Fsp3) is 0.267. The highest BCUT2D eigenvalue weighted by Crippen LogP contribution is 2.30. The van der Waals surface area contributed by atoms with Crippen molar-refractivity contribution in [2.45, 2.75) is 26.2 Å². The maximum Gasteiger partial charge on any atom is 0.165 e. The Morgan fingerprint density at radius 2 is 1.26 bits per heavy atom. The minimum Gasteiger partial charge on any atom is -0.279 e. The first kappa shape index (κ1) is 16.8. The van der Waals surface area contributed by atoms with Crippen LogP contribution in [0.2, 0.25) is 0 Å². The number of hydrogen-bond donors (Lipinski definition) is 0. The third-order valence-electron chi connectivity index (χ3n) is 5.27. The van der Waals surface area contributed by atoms with Gasteiger partial charge in [0.05, 0.1) is 0 Å². The molecule has 2 heterocycles. The topological polar surface area (TPSA) is 12.9 Å². The molecule has 0 N–H and O–H groups in total. The number of rotatable bonds is 0. The Balaban J connectivity index is 2.65. The van der Waals surface area contributed by atoms with Gasteiger partial charge < -0.3 is 0 Å². The molecule has 23 heavy (non-hydrogen) atoms. The molecule has 2 aromatic heterocycles. The van der Waals surface area contributed by atoms with Crippen LogP contribution in [0.15, 0.2) is 0 Å². The number of thiophene rings is 1. The van der Waals surface area contributed by atoms with Gasteiger partial charge in [0.25, 0.3) is 0 Å². The summed E-state index contributed by atoms with van der Waals surface area (Å²) in [5.41, 5.74) is 9.68. The van der Waals surface area contributed by atoms with E-state index in [4.69, 9.17) is 4.98 Å². The zero-order chi connectivity index (χ0) is 17.3. The van der Waals surface area contributed by atoms with Crippen LogP contribution in [0.1, 0.15) is 26.3 Å². The van der Waals surface area contributed by atoms with Crippen LogP contribution in [0.4, 0.5) is 0 Å². The molecule has 0 saturated heterocycles. The molecule has 0 saturated carbocycles. The molecule has 8 heteroatoms. The molecule has 0 aliphatic heterocycles. The number of nitrogens with zero attached hydrogens (tertiary/aromatic N) is 1. The maximum absolute atomic E-state index is 4.76. The van der Waals surface area contributed by atoms with Crippen molar-refractivity contribution in [1.29, 1.82) is 0 Å². The average molecular weight is 312 g/mol. The molecule has 0 aliphatic carbocycles. The Kier molecular flexibility index (Phi) is 3.83. The Morgan fingerprint density at radius 3 is 1.83 bits per heavy atom. The summed E-state index contributed by atoms with van der Waals surface area (Å²) in [6.07, 6.45) is 0. The smallest absolute Gasteiger partial charge is 0.165 e. The van der Waals surface area contributed by atoms with Gasteiger partial charge in [-0.15, -0.1) is 11.3 Å². The summed E-state index contributed by atoms with van der Waals surface area (Å²) in [5.74, 6) is 0. The summed E-state index contributed by atoms with van der Waals surface area (Å²) in [6.45, 7) is 6.97. The molecule has 0 spiro atoms. The second-order valence-corrected chi connectivity index (χ2v) is 8.94. The minimum absolute atomic E-state index is 0.168. The summed E-state index contributed by atoms with van der Waals surface area (Å²) < 4.78 is 2.81. The van der Waals surface area contributed by atoms with Gasteiger partial charge in [-0.2, -0.15) is 0 Å². The van der Waals surface area contributed by atoms with Crippen molar-refractivity contribution in [3.63, 3.8) is 0 Å². The Bertz CT molecular complexity index is 970. The van der Waals surface area contributed by atoms with Crippen molar-refractivity contribution in [1.82, 2.24) is 4.98 Å². The number of fused-ring (bicyclic) bond motifs is 3. The van der Waals surface area contributed by atoms with Crippen LogP contribution in [0, 0.1) is 0 Å². The highest BCUT2D eigenvalue weighted by Gasteiger charge is 2.24. The lowest BCUT2D eigenvalue weighted by Crippen LogP contribution is -2.42. The Morgan fingerprint density at radius 1 is 0.696 bits per heavy atom. The fourth-order valence-electron chi connectivity index (χ4n) is 4.13. The van der Waals surface area contributed by atoms with Crippen LogP contribution in [-0.2, 0) is 5.41 Å². The SMILES string of the molecule is Bc1nc(B)c2sc3c(B)c(C(C)(C)C)c(B)c(B)c3c2c1B. The summed E-state index contributed by atoms with van der Waals surface area (Å²) in [7, 11) is 13.4. The Labute approximate surface area is 148 Å². The molecule has 1 aromatic carbocycles. The normalized spacial score (nSPS) is 12.3. The summed E-state index contributed by atoms with van der Waals surface area (Å²) in [6, 6.07) is 0. The van der Waals surface area contributed by atoms with Crippen molar-refractivity contribution < 1.29 is 0 Å². The molecule has 0 aliphatic rings. The van der Waals surface area contributed by atoms with Gasteiger partial charge in [0.15, 0.2) is 15.7 Å². The van der Waals surface area contributed by atoms with Crippen LogP contribution < -0.4 is 33.0 Å². The van der Waals surface area contributed by atoms with Gasteiger partial charge >= 0.3 is 0 Å². The van der Waals surface area contributed by atoms with Gasteiger partial charge in [-0.05, 0) is 21.8 Å². The standard InChI is InChI=1S/C15H21B6NS/c1-15(2,3)6-9(18)7(16)4-5-8(17)13(20)22-14(21)12(5)23-11(4)10(6)19/h16-21H2,1-3H3. The van der Waals surface area contributed by atoms with Gasteiger partial charge in [-0.1, -0.05) is 48.2 Å². The molecule has 110 valence electrons. The Hall–Kier alpha value is -1.02. The average Bonchev–Trinajstić information content (AvgIpc) is 2.82. The van der Waals surface area contributed by atoms with Gasteiger partial charge in [0, 0.05) is 15.0 Å². The van der Waals surface area contributed by atoms with E-state index in [-0.39, 0.29) is 5.41 Å². The van der Waals surface area contributed by atoms with E-state index in [9.17, 15) is 0 Å². The second kappa shape index (κ2) is 5.24. The predicted octanol–water partition coefficient (Wildman–Crippen LogP) is -5.70. The number of pyridine rings is 1. The van der Waals surface area contributed by atoms with Crippen LogP contribution in [0.25, 0.3) is 20.2 Å². The molecule has 3 rings (SSSR count). The van der Waals surface area contributed by atoms with Crippen LogP contribution in [0.5, 0.6) is 0 Å². The van der Waals surface area contributed by atoms with E-state index in [1.54, 1.807) is 0 Å². The lowest BCUT2D eigenvalue weighted by molar-refractivity contribution is 0.599. The number of benzene rings is 1. The van der Waals surface area contributed by atoms with Crippen molar-refractivity contribution >= 4 is 112 Å². The summed E-state index contributed by atoms with van der Waals surface area (Å²) in [5, 5.41) is 2.89.